The zero-order valence-corrected chi connectivity index (χ0v) is 24.8. The highest BCUT2D eigenvalue weighted by molar-refractivity contribution is 7.92. The number of rotatable bonds is 13. The van der Waals surface area contributed by atoms with Gasteiger partial charge in [0.25, 0.3) is 10.0 Å². The molecule has 4 aromatic rings. The van der Waals surface area contributed by atoms with E-state index < -0.39 is 34.3 Å². The lowest BCUT2D eigenvalue weighted by atomic mass is 10.0. The minimum atomic E-state index is -4.22. The average Bonchev–Trinajstić information content (AvgIpc) is 3.03. The lowest BCUT2D eigenvalue weighted by molar-refractivity contribution is -0.140. The van der Waals surface area contributed by atoms with E-state index in [0.717, 1.165) is 9.87 Å². The van der Waals surface area contributed by atoms with Crippen molar-refractivity contribution in [2.45, 2.75) is 30.8 Å². The van der Waals surface area contributed by atoms with Crippen LogP contribution in [0.2, 0.25) is 0 Å². The van der Waals surface area contributed by atoms with Gasteiger partial charge in [-0.15, -0.1) is 0 Å². The first kappa shape index (κ1) is 31.2. The first-order chi connectivity index (χ1) is 20.7. The second-order valence-corrected chi connectivity index (χ2v) is 11.6. The van der Waals surface area contributed by atoms with Gasteiger partial charge in [-0.3, -0.25) is 13.9 Å². The molecular weight excluding hydrogens is 569 g/mol. The fraction of sp³-hybridized carbons (Fsp3) is 0.212. The number of nitrogens with one attached hydrogen (secondary N) is 1. The molecule has 0 unspecified atom stereocenters. The van der Waals surface area contributed by atoms with Crippen LogP contribution in [-0.4, -0.2) is 51.4 Å². The standard InChI is InChI=1S/C33H34FN3O5S/c1-3-35-33(39)31(22-25-10-6-4-7-11-25)36(23-26-14-16-27(34)17-15-26)32(38)24-37(28-12-8-5-9-13-28)43(40,41)30-20-18-29(42-2)19-21-30/h4-21,31H,3,22-24H2,1-2H3,(H,35,39)/t31-/m1/s1. The second-order valence-electron chi connectivity index (χ2n) is 9.77. The summed E-state index contributed by atoms with van der Waals surface area (Å²) in [5.41, 5.74) is 1.69. The van der Waals surface area contributed by atoms with Crippen molar-refractivity contribution in [1.29, 1.82) is 0 Å². The summed E-state index contributed by atoms with van der Waals surface area (Å²) in [6.07, 6.45) is 0.191. The third-order valence-electron chi connectivity index (χ3n) is 6.86. The average molecular weight is 604 g/mol. The molecule has 4 aromatic carbocycles. The number of nitrogens with zero attached hydrogens (tertiary/aromatic N) is 2. The minimum Gasteiger partial charge on any atom is -0.497 e. The molecule has 43 heavy (non-hydrogen) atoms. The number of hydrogen-bond donors (Lipinski definition) is 1. The maximum Gasteiger partial charge on any atom is 0.264 e. The van der Waals surface area contributed by atoms with Crippen LogP contribution in [0.3, 0.4) is 0 Å². The highest BCUT2D eigenvalue weighted by atomic mass is 32.2. The topological polar surface area (TPSA) is 96.0 Å². The molecule has 0 bridgehead atoms. The van der Waals surface area contributed by atoms with Gasteiger partial charge in [0.1, 0.15) is 24.2 Å². The van der Waals surface area contributed by atoms with Crippen LogP contribution >= 0.6 is 0 Å². The number of carbonyl (C=O) groups excluding carboxylic acids is 2. The molecule has 10 heteroatoms. The van der Waals surface area contributed by atoms with Gasteiger partial charge in [-0.1, -0.05) is 60.7 Å². The molecule has 0 aliphatic carbocycles. The summed E-state index contributed by atoms with van der Waals surface area (Å²) in [4.78, 5) is 29.1. The van der Waals surface area contributed by atoms with Gasteiger partial charge in [-0.2, -0.15) is 0 Å². The summed E-state index contributed by atoms with van der Waals surface area (Å²) < 4.78 is 47.9. The summed E-state index contributed by atoms with van der Waals surface area (Å²) in [6.45, 7) is 1.50. The monoisotopic (exact) mass is 603 g/mol. The number of benzene rings is 4. The fourth-order valence-corrected chi connectivity index (χ4v) is 6.04. The Kier molecular flexibility index (Phi) is 10.5. The summed E-state index contributed by atoms with van der Waals surface area (Å²) in [7, 11) is -2.74. The Morgan fingerprint density at radius 2 is 1.44 bits per heavy atom. The number of anilines is 1. The quantitative estimate of drug-likeness (QED) is 0.237. The molecule has 0 aromatic heterocycles. The Morgan fingerprint density at radius 3 is 2.02 bits per heavy atom. The Hall–Kier alpha value is -4.70. The summed E-state index contributed by atoms with van der Waals surface area (Å²) in [5, 5.41) is 2.81. The van der Waals surface area contributed by atoms with Gasteiger partial charge in [0.2, 0.25) is 11.8 Å². The maximum atomic E-state index is 14.3. The zero-order valence-electron chi connectivity index (χ0n) is 24.0. The smallest absolute Gasteiger partial charge is 0.264 e. The van der Waals surface area contributed by atoms with E-state index in [1.165, 1.54) is 60.5 Å². The molecule has 0 heterocycles. The van der Waals surface area contributed by atoms with Crippen LogP contribution in [0.5, 0.6) is 5.75 Å². The van der Waals surface area contributed by atoms with Crippen LogP contribution < -0.4 is 14.4 Å². The molecule has 0 aliphatic rings. The van der Waals surface area contributed by atoms with E-state index in [9.17, 15) is 22.4 Å². The highest BCUT2D eigenvalue weighted by Crippen LogP contribution is 2.26. The Labute approximate surface area is 251 Å². The van der Waals surface area contributed by atoms with E-state index in [1.807, 2.05) is 30.3 Å². The number of carbonyl (C=O) groups is 2. The number of likely N-dealkylation sites (N-methyl/N-ethyl adjacent to an activating group) is 1. The van der Waals surface area contributed by atoms with Gasteiger partial charge in [0.15, 0.2) is 0 Å². The van der Waals surface area contributed by atoms with Crippen LogP contribution in [0.1, 0.15) is 18.1 Å². The van der Waals surface area contributed by atoms with Crippen LogP contribution in [0.15, 0.2) is 114 Å². The zero-order chi connectivity index (χ0) is 30.8. The molecule has 0 fully saturated rings. The Bertz CT molecular complexity index is 1600. The predicted octanol–water partition coefficient (Wildman–Crippen LogP) is 4.81. The largest absolute Gasteiger partial charge is 0.497 e. The van der Waals surface area contributed by atoms with Gasteiger partial charge in [0.05, 0.1) is 17.7 Å². The molecule has 0 spiro atoms. The van der Waals surface area contributed by atoms with Crippen LogP contribution in [-0.2, 0) is 32.6 Å². The number of ether oxygens (including phenoxy) is 1. The molecule has 4 rings (SSSR count). The van der Waals surface area contributed by atoms with E-state index in [2.05, 4.69) is 5.32 Å². The molecule has 8 nitrogen and oxygen atoms in total. The fourth-order valence-electron chi connectivity index (χ4n) is 4.63. The van der Waals surface area contributed by atoms with E-state index >= 15 is 0 Å². The number of para-hydroxylation sites is 1. The van der Waals surface area contributed by atoms with Gasteiger partial charge in [0, 0.05) is 19.5 Å². The van der Waals surface area contributed by atoms with Crippen molar-refractivity contribution < 1.29 is 27.1 Å². The van der Waals surface area contributed by atoms with E-state index in [1.54, 1.807) is 37.3 Å². The van der Waals surface area contributed by atoms with Gasteiger partial charge in [-0.05, 0) is 66.6 Å². The normalized spacial score (nSPS) is 11.8. The summed E-state index contributed by atoms with van der Waals surface area (Å²) in [6, 6.07) is 28.1. The van der Waals surface area contributed by atoms with Gasteiger partial charge >= 0.3 is 0 Å². The minimum absolute atomic E-state index is 0.0281. The first-order valence-electron chi connectivity index (χ1n) is 13.8. The third-order valence-corrected chi connectivity index (χ3v) is 8.65. The first-order valence-corrected chi connectivity index (χ1v) is 15.2. The summed E-state index contributed by atoms with van der Waals surface area (Å²) in [5.74, 6) is -0.937. The molecular formula is C33H34FN3O5S. The van der Waals surface area contributed by atoms with Crippen molar-refractivity contribution in [3.63, 3.8) is 0 Å². The molecule has 1 atom stereocenters. The van der Waals surface area contributed by atoms with Crippen LogP contribution in [0, 0.1) is 5.82 Å². The number of sulfonamides is 1. The molecule has 2 amide bonds. The molecule has 0 saturated carbocycles. The lowest BCUT2D eigenvalue weighted by Gasteiger charge is -2.33. The molecule has 0 aliphatic heterocycles. The second kappa shape index (κ2) is 14.5. The third kappa shape index (κ3) is 7.98. The molecule has 224 valence electrons. The van der Waals surface area contributed by atoms with Crippen LogP contribution in [0.25, 0.3) is 0 Å². The van der Waals surface area contributed by atoms with Crippen molar-refractivity contribution in [2.24, 2.45) is 0 Å². The summed E-state index contributed by atoms with van der Waals surface area (Å²) >= 11 is 0. The Balaban J connectivity index is 1.77. The predicted molar refractivity (Wildman–Crippen MR) is 164 cm³/mol. The van der Waals surface area contributed by atoms with E-state index in [4.69, 9.17) is 4.74 Å². The van der Waals surface area contributed by atoms with Crippen molar-refractivity contribution >= 4 is 27.5 Å². The van der Waals surface area contributed by atoms with Gasteiger partial charge < -0.3 is 15.0 Å². The lowest BCUT2D eigenvalue weighted by Crippen LogP contribution is -2.53. The number of halogens is 1. The van der Waals surface area contributed by atoms with Crippen molar-refractivity contribution in [2.75, 3.05) is 24.5 Å². The molecule has 1 N–H and O–H groups in total. The maximum absolute atomic E-state index is 14.3. The number of hydrogen-bond acceptors (Lipinski definition) is 5. The van der Waals surface area contributed by atoms with E-state index in [-0.39, 0.29) is 29.5 Å². The van der Waals surface area contributed by atoms with Crippen LogP contribution in [0.4, 0.5) is 10.1 Å². The van der Waals surface area contributed by atoms with Crippen molar-refractivity contribution in [3.05, 3.63) is 126 Å². The van der Waals surface area contributed by atoms with E-state index in [0.29, 0.717) is 17.9 Å². The highest BCUT2D eigenvalue weighted by Gasteiger charge is 2.34. The molecule has 0 saturated heterocycles. The number of amides is 2. The Morgan fingerprint density at radius 1 is 0.837 bits per heavy atom. The molecule has 0 radical (unpaired) electrons. The van der Waals surface area contributed by atoms with Crippen molar-refractivity contribution in [3.8, 4) is 5.75 Å². The van der Waals surface area contributed by atoms with Gasteiger partial charge in [-0.25, -0.2) is 12.8 Å². The van der Waals surface area contributed by atoms with Crippen molar-refractivity contribution in [1.82, 2.24) is 10.2 Å². The number of methoxy groups -OCH3 is 1. The SMILES string of the molecule is CCNC(=O)[C@@H](Cc1ccccc1)N(Cc1ccc(F)cc1)C(=O)CN(c1ccccc1)S(=O)(=O)c1ccc(OC)cc1.